The molecule has 0 spiro atoms. The molecule has 0 radical (unpaired) electrons. The van der Waals surface area contributed by atoms with Gasteiger partial charge in [-0.2, -0.15) is 52.1 Å². The number of nitrogens with zero attached hydrogens (tertiary/aromatic N) is 7. The number of nitrogens with one attached hydrogen (secondary N) is 1. The van der Waals surface area contributed by atoms with Crippen LogP contribution >= 0.6 is 23.2 Å². The van der Waals surface area contributed by atoms with Crippen molar-refractivity contribution in [2.75, 3.05) is 10.3 Å². The number of hydrogen-bond donors (Lipinski definition) is 4. The summed E-state index contributed by atoms with van der Waals surface area (Å²) in [5.74, 6) is -2.85. The Balaban J connectivity index is 0.00000308. The molecule has 0 aliphatic carbocycles. The van der Waals surface area contributed by atoms with Crippen LogP contribution in [0.25, 0.3) is 0 Å². The molecule has 1 aliphatic heterocycles. The number of benzene rings is 2. The molecule has 23 heteroatoms. The van der Waals surface area contributed by atoms with Crippen LogP contribution in [-0.4, -0.2) is 69.6 Å². The second-order valence-electron chi connectivity index (χ2n) is 7.51. The number of carboxylic acids is 1. The molecule has 1 aliphatic rings. The number of carbonyl (C=O) groups excluding carboxylic acids is 1. The summed E-state index contributed by atoms with van der Waals surface area (Å²) in [6, 6.07) is 5.48. The van der Waals surface area contributed by atoms with Gasteiger partial charge < -0.3 is 10.4 Å². The third-order valence-corrected chi connectivity index (χ3v) is 6.95. The standard InChI is InChI=1S/C19H12Cl2N8O9S2.K.Na/c20-17-23-18(21)25-19(24-17)22-8-1-6-11(12(7-8)40(36,37)38)26-27-13-14(16(31)32)28-29(15(13)30)9-2-4-10(5-3-9)39(33,34)35;;/h1-7,13H,(H,31,32)(H,33,34,35)(H,36,37,38)(H,22,23,24,25);;/q;2*+1. The van der Waals surface area contributed by atoms with E-state index in [4.69, 9.17) is 27.8 Å². The van der Waals surface area contributed by atoms with Gasteiger partial charge in [0.05, 0.1) is 10.6 Å². The smallest absolute Gasteiger partial charge is 0.477 e. The van der Waals surface area contributed by atoms with Crippen molar-refractivity contribution in [2.45, 2.75) is 15.8 Å². The number of carboxylic acid groups (broad SMARTS) is 1. The van der Waals surface area contributed by atoms with E-state index in [0.717, 1.165) is 36.4 Å². The maximum atomic E-state index is 12.9. The number of anilines is 3. The van der Waals surface area contributed by atoms with Gasteiger partial charge in [-0.3, -0.25) is 13.9 Å². The third kappa shape index (κ3) is 8.78. The van der Waals surface area contributed by atoms with Crippen LogP contribution in [0.3, 0.4) is 0 Å². The molecule has 3 aromatic rings. The molecule has 1 atom stereocenters. The quantitative estimate of drug-likeness (QED) is 0.101. The van der Waals surface area contributed by atoms with E-state index in [1.165, 1.54) is 6.07 Å². The van der Waals surface area contributed by atoms with Crippen molar-refractivity contribution in [2.24, 2.45) is 15.3 Å². The van der Waals surface area contributed by atoms with E-state index >= 15 is 0 Å². The molecule has 4 N–H and O–H groups in total. The van der Waals surface area contributed by atoms with Gasteiger partial charge in [0.25, 0.3) is 26.1 Å². The van der Waals surface area contributed by atoms with E-state index in [-0.39, 0.29) is 109 Å². The molecule has 2 heterocycles. The number of azo groups is 1. The molecule has 42 heavy (non-hydrogen) atoms. The summed E-state index contributed by atoms with van der Waals surface area (Å²) >= 11 is 11.4. The molecule has 0 saturated carbocycles. The topological polar surface area (TPSA) is 254 Å². The Morgan fingerprint density at radius 2 is 1.55 bits per heavy atom. The van der Waals surface area contributed by atoms with E-state index in [2.05, 4.69) is 35.6 Å². The van der Waals surface area contributed by atoms with E-state index in [1.807, 2.05) is 0 Å². The van der Waals surface area contributed by atoms with Crippen molar-refractivity contribution in [3.63, 3.8) is 0 Å². The van der Waals surface area contributed by atoms with Crippen LogP contribution in [0.2, 0.25) is 10.6 Å². The summed E-state index contributed by atoms with van der Waals surface area (Å²) in [7, 11) is -9.47. The molecule has 17 nitrogen and oxygen atoms in total. The Bertz CT molecular complexity index is 1810. The Morgan fingerprint density at radius 1 is 0.952 bits per heavy atom. The summed E-state index contributed by atoms with van der Waals surface area (Å²) < 4.78 is 65.3. The summed E-state index contributed by atoms with van der Waals surface area (Å²) in [6.07, 6.45) is 0. The molecule has 1 amide bonds. The van der Waals surface area contributed by atoms with Crippen molar-refractivity contribution in [1.82, 2.24) is 15.0 Å². The van der Waals surface area contributed by atoms with E-state index in [9.17, 15) is 36.1 Å². The third-order valence-electron chi connectivity index (χ3n) is 4.86. The van der Waals surface area contributed by atoms with Gasteiger partial charge in [0.2, 0.25) is 22.6 Å². The van der Waals surface area contributed by atoms with Crippen LogP contribution in [0.5, 0.6) is 0 Å². The van der Waals surface area contributed by atoms with Crippen molar-refractivity contribution < 1.29 is 122 Å². The number of aromatic nitrogens is 3. The van der Waals surface area contributed by atoms with Crippen LogP contribution in [0.4, 0.5) is 23.0 Å². The molecule has 0 saturated heterocycles. The van der Waals surface area contributed by atoms with Gasteiger partial charge in [-0.15, -0.1) is 0 Å². The fraction of sp³-hybridized carbons (Fsp3) is 0.0526. The zero-order valence-corrected chi connectivity index (χ0v) is 29.4. The van der Waals surface area contributed by atoms with Crippen LogP contribution in [0.15, 0.2) is 67.6 Å². The number of amides is 1. The first-order valence-electron chi connectivity index (χ1n) is 10.2. The van der Waals surface area contributed by atoms with Crippen LogP contribution in [0, 0.1) is 0 Å². The summed E-state index contributed by atoms with van der Waals surface area (Å²) in [4.78, 5) is 34.4. The van der Waals surface area contributed by atoms with Gasteiger partial charge in [0.15, 0.2) is 5.71 Å². The van der Waals surface area contributed by atoms with Crippen molar-refractivity contribution >= 4 is 84.0 Å². The minimum atomic E-state index is -4.93. The Hall–Kier alpha value is -1.50. The number of hydrazone groups is 1. The molecular weight excluding hydrogens is 681 g/mol. The molecule has 1 aromatic heterocycles. The van der Waals surface area contributed by atoms with Crippen LogP contribution < -0.4 is 91.3 Å². The predicted molar refractivity (Wildman–Crippen MR) is 137 cm³/mol. The largest absolute Gasteiger partial charge is 1.00 e. The van der Waals surface area contributed by atoms with Gasteiger partial charge in [-0.05, 0) is 65.7 Å². The molecule has 0 bridgehead atoms. The SMILES string of the molecule is O=C(O)C1=NN(c2ccc(S(=O)(=O)O)cc2)C(=O)C1N=Nc1ccc(Nc2nc(Cl)nc(Cl)n2)cc1S(=O)(=O)O.[K+].[Na+]. The first kappa shape index (κ1) is 36.7. The molecule has 2 aromatic carbocycles. The van der Waals surface area contributed by atoms with E-state index < -0.39 is 59.3 Å². The maximum Gasteiger partial charge on any atom is 1.00 e. The van der Waals surface area contributed by atoms with Gasteiger partial charge >= 0.3 is 86.9 Å². The normalized spacial score (nSPS) is 15.1. The Morgan fingerprint density at radius 3 is 2.07 bits per heavy atom. The number of carbonyl (C=O) groups is 2. The number of rotatable bonds is 8. The molecular formula is C19H12Cl2KN8NaO9S2+2. The van der Waals surface area contributed by atoms with Crippen molar-refractivity contribution in [1.29, 1.82) is 0 Å². The fourth-order valence-electron chi connectivity index (χ4n) is 3.16. The average Bonchev–Trinajstić information content (AvgIpc) is 3.18. The first-order chi connectivity index (χ1) is 18.6. The Kier molecular flexibility index (Phi) is 12.7. The van der Waals surface area contributed by atoms with Crippen molar-refractivity contribution in [3.8, 4) is 0 Å². The van der Waals surface area contributed by atoms with E-state index in [1.54, 1.807) is 0 Å². The molecule has 0 fully saturated rings. The monoisotopic (exact) mass is 692 g/mol. The summed E-state index contributed by atoms with van der Waals surface area (Å²) in [5.41, 5.74) is -1.31. The van der Waals surface area contributed by atoms with E-state index in [0.29, 0.717) is 5.01 Å². The zero-order chi connectivity index (χ0) is 29.4. The molecule has 1 unspecified atom stereocenters. The van der Waals surface area contributed by atoms with Crippen molar-refractivity contribution in [3.05, 3.63) is 53.0 Å². The van der Waals surface area contributed by atoms with Gasteiger partial charge in [0.1, 0.15) is 10.6 Å². The minimum Gasteiger partial charge on any atom is -0.477 e. The minimum absolute atomic E-state index is 0. The predicted octanol–water partition coefficient (Wildman–Crippen LogP) is -3.64. The number of halogens is 2. The first-order valence-corrected chi connectivity index (χ1v) is 13.9. The number of aliphatic carboxylic acids is 1. The summed E-state index contributed by atoms with van der Waals surface area (Å²) in [5, 5.41) is 23.2. The van der Waals surface area contributed by atoms with Crippen LogP contribution in [0.1, 0.15) is 0 Å². The van der Waals surface area contributed by atoms with Crippen LogP contribution in [-0.2, 0) is 29.8 Å². The number of hydrogen-bond acceptors (Lipinski definition) is 13. The maximum absolute atomic E-state index is 12.9. The van der Waals surface area contributed by atoms with Gasteiger partial charge in [-0.1, -0.05) is 0 Å². The average molecular weight is 693 g/mol. The second-order valence-corrected chi connectivity index (χ2v) is 11.0. The molecule has 208 valence electrons. The molecule has 4 rings (SSSR count). The Labute approximate surface area is 311 Å². The van der Waals surface area contributed by atoms with Gasteiger partial charge in [-0.25, -0.2) is 4.79 Å². The fourth-order valence-corrected chi connectivity index (χ4v) is 4.66. The van der Waals surface area contributed by atoms with Gasteiger partial charge in [0, 0.05) is 5.69 Å². The second kappa shape index (κ2) is 14.5. The zero-order valence-electron chi connectivity index (χ0n) is 21.1. The summed E-state index contributed by atoms with van der Waals surface area (Å²) in [6.45, 7) is 0.